The van der Waals surface area contributed by atoms with Crippen molar-refractivity contribution in [2.45, 2.75) is 69.1 Å². The van der Waals surface area contributed by atoms with Gasteiger partial charge in [0.2, 0.25) is 5.91 Å². The lowest BCUT2D eigenvalue weighted by Gasteiger charge is -2.63. The Morgan fingerprint density at radius 1 is 1.43 bits per heavy atom. The van der Waals surface area contributed by atoms with Crippen LogP contribution in [0.1, 0.15) is 51.9 Å². The molecule has 1 saturated heterocycles. The third-order valence-electron chi connectivity index (χ3n) is 7.14. The summed E-state index contributed by atoms with van der Waals surface area (Å²) in [4.78, 5) is 14.3. The number of rotatable bonds is 3. The summed E-state index contributed by atoms with van der Waals surface area (Å²) in [5.74, 6) is 1.74. The summed E-state index contributed by atoms with van der Waals surface area (Å²) >= 11 is 0. The van der Waals surface area contributed by atoms with E-state index in [0.717, 1.165) is 38.5 Å². The number of aliphatic hydroxyl groups is 1. The van der Waals surface area contributed by atoms with Gasteiger partial charge in [0.05, 0.1) is 18.2 Å². The van der Waals surface area contributed by atoms with Gasteiger partial charge in [-0.1, -0.05) is 6.92 Å². The summed E-state index contributed by atoms with van der Waals surface area (Å²) in [7, 11) is 0. The number of carbonyl (C=O) groups is 1. The van der Waals surface area contributed by atoms with Gasteiger partial charge in [0.25, 0.3) is 0 Å². The lowest BCUT2D eigenvalue weighted by Crippen LogP contribution is -2.69. The molecule has 126 valence electrons. The van der Waals surface area contributed by atoms with Crippen molar-refractivity contribution in [1.82, 2.24) is 10.2 Å². The van der Waals surface area contributed by atoms with Crippen molar-refractivity contribution in [2.75, 3.05) is 13.1 Å². The topological polar surface area (TPSA) is 76.4 Å². The van der Waals surface area contributed by atoms with E-state index >= 15 is 0 Å². The maximum Gasteiger partial charge on any atom is 0.237 e. The summed E-state index contributed by atoms with van der Waals surface area (Å²) in [6.45, 7) is 3.30. The molecule has 1 heterocycles. The van der Waals surface area contributed by atoms with E-state index in [4.69, 9.17) is 5.26 Å². The molecule has 6 unspecified atom stereocenters. The lowest BCUT2D eigenvalue weighted by molar-refractivity contribution is -0.169. The van der Waals surface area contributed by atoms with Gasteiger partial charge in [-0.2, -0.15) is 5.26 Å². The quantitative estimate of drug-likeness (QED) is 0.825. The van der Waals surface area contributed by atoms with E-state index < -0.39 is 5.60 Å². The molecule has 1 amide bonds. The molecule has 5 aliphatic rings. The van der Waals surface area contributed by atoms with E-state index in [2.05, 4.69) is 18.3 Å². The summed E-state index contributed by atoms with van der Waals surface area (Å²) in [6, 6.07) is 1.99. The Balaban J connectivity index is 1.46. The minimum atomic E-state index is -0.517. The smallest absolute Gasteiger partial charge is 0.237 e. The summed E-state index contributed by atoms with van der Waals surface area (Å²) in [5.41, 5.74) is -0.604. The molecule has 6 atom stereocenters. The number of nitriles is 1. The number of carbonyl (C=O) groups excluding carboxylic acids is 1. The SMILES string of the molecule is CC1C2CC3CC(O)(C2)CC1(NCC(=O)N1CCCC1C#N)C3. The molecule has 5 fully saturated rings. The Labute approximate surface area is 138 Å². The zero-order valence-corrected chi connectivity index (χ0v) is 13.9. The first-order chi connectivity index (χ1) is 10.9. The zero-order valence-electron chi connectivity index (χ0n) is 13.9. The first kappa shape index (κ1) is 15.4. The van der Waals surface area contributed by atoms with Crippen LogP contribution in [0.3, 0.4) is 0 Å². The largest absolute Gasteiger partial charge is 0.390 e. The second-order valence-corrected chi connectivity index (χ2v) is 8.55. The zero-order chi connectivity index (χ0) is 16.2. The van der Waals surface area contributed by atoms with E-state index in [1.54, 1.807) is 4.90 Å². The number of hydrogen-bond donors (Lipinski definition) is 2. The second kappa shape index (κ2) is 5.19. The van der Waals surface area contributed by atoms with Gasteiger partial charge < -0.3 is 15.3 Å². The molecule has 5 nitrogen and oxygen atoms in total. The van der Waals surface area contributed by atoms with Crippen LogP contribution in [0.2, 0.25) is 0 Å². The normalized spacial score (nSPS) is 47.8. The monoisotopic (exact) mass is 317 g/mol. The summed E-state index contributed by atoms with van der Waals surface area (Å²) in [6.07, 6.45) is 6.71. The molecule has 4 bridgehead atoms. The first-order valence-electron chi connectivity index (χ1n) is 9.11. The molecule has 1 aliphatic heterocycles. The van der Waals surface area contributed by atoms with Gasteiger partial charge >= 0.3 is 0 Å². The molecular weight excluding hydrogens is 290 g/mol. The minimum Gasteiger partial charge on any atom is -0.390 e. The summed E-state index contributed by atoms with van der Waals surface area (Å²) < 4.78 is 0. The number of nitrogens with zero attached hydrogens (tertiary/aromatic N) is 2. The molecule has 0 aromatic rings. The van der Waals surface area contributed by atoms with Crippen molar-refractivity contribution in [1.29, 1.82) is 5.26 Å². The van der Waals surface area contributed by atoms with Gasteiger partial charge in [-0.3, -0.25) is 4.79 Å². The minimum absolute atomic E-state index is 0.0454. The molecule has 0 aromatic carbocycles. The molecule has 5 rings (SSSR count). The first-order valence-corrected chi connectivity index (χ1v) is 9.11. The van der Waals surface area contributed by atoms with Crippen molar-refractivity contribution in [3.05, 3.63) is 0 Å². The second-order valence-electron chi connectivity index (χ2n) is 8.55. The van der Waals surface area contributed by atoms with Crippen LogP contribution >= 0.6 is 0 Å². The number of nitrogens with one attached hydrogen (secondary N) is 1. The van der Waals surface area contributed by atoms with Crippen molar-refractivity contribution >= 4 is 5.91 Å². The highest BCUT2D eigenvalue weighted by Crippen LogP contribution is 2.59. The van der Waals surface area contributed by atoms with Crippen molar-refractivity contribution in [3.8, 4) is 6.07 Å². The summed E-state index contributed by atoms with van der Waals surface area (Å²) in [5, 5.41) is 23.6. The van der Waals surface area contributed by atoms with Crippen LogP contribution in [-0.4, -0.2) is 46.2 Å². The van der Waals surface area contributed by atoms with Crippen molar-refractivity contribution < 1.29 is 9.90 Å². The standard InChI is InChI=1S/C18H27N3O2/c1-12-14-5-13-6-17(23,8-14)11-18(12,7-13)20-10-16(22)21-4-2-3-15(21)9-19/h12-15,20,23H,2-8,10-11H2,1H3. The molecule has 0 aromatic heterocycles. The predicted octanol–water partition coefficient (Wildman–Crippen LogP) is 1.42. The van der Waals surface area contributed by atoms with E-state index in [-0.39, 0.29) is 17.5 Å². The Morgan fingerprint density at radius 3 is 3.00 bits per heavy atom. The van der Waals surface area contributed by atoms with Gasteiger partial charge in [0.1, 0.15) is 6.04 Å². The molecule has 2 N–H and O–H groups in total. The predicted molar refractivity (Wildman–Crippen MR) is 85.3 cm³/mol. The molecule has 0 radical (unpaired) electrons. The molecule has 0 spiro atoms. The van der Waals surface area contributed by atoms with Gasteiger partial charge in [0, 0.05) is 12.1 Å². The maximum atomic E-state index is 12.5. The fourth-order valence-electron chi connectivity index (χ4n) is 6.21. The van der Waals surface area contributed by atoms with Gasteiger partial charge in [-0.05, 0) is 62.7 Å². The van der Waals surface area contributed by atoms with Gasteiger partial charge in [-0.15, -0.1) is 0 Å². The van der Waals surface area contributed by atoms with Crippen LogP contribution in [0.25, 0.3) is 0 Å². The van der Waals surface area contributed by atoms with E-state index in [1.165, 1.54) is 6.42 Å². The maximum absolute atomic E-state index is 12.5. The Hall–Kier alpha value is -1.12. The number of likely N-dealkylation sites (tertiary alicyclic amines) is 1. The lowest BCUT2D eigenvalue weighted by atomic mass is 9.47. The number of hydrogen-bond acceptors (Lipinski definition) is 4. The van der Waals surface area contributed by atoms with Gasteiger partial charge in [0.15, 0.2) is 0 Å². The van der Waals surface area contributed by atoms with Crippen molar-refractivity contribution in [3.63, 3.8) is 0 Å². The fourth-order valence-corrected chi connectivity index (χ4v) is 6.21. The number of amides is 1. The highest BCUT2D eigenvalue weighted by Gasteiger charge is 2.60. The molecular formula is C18H27N3O2. The van der Waals surface area contributed by atoms with E-state index in [9.17, 15) is 9.90 Å². The van der Waals surface area contributed by atoms with Crippen molar-refractivity contribution in [2.24, 2.45) is 17.8 Å². The Kier molecular flexibility index (Phi) is 3.48. The third-order valence-corrected chi connectivity index (χ3v) is 7.14. The van der Waals surface area contributed by atoms with Crippen LogP contribution in [0.15, 0.2) is 0 Å². The molecule has 23 heavy (non-hydrogen) atoms. The van der Waals surface area contributed by atoms with Crippen LogP contribution in [0, 0.1) is 29.1 Å². The third kappa shape index (κ3) is 2.38. The molecule has 4 aliphatic carbocycles. The van der Waals surface area contributed by atoms with Crippen LogP contribution < -0.4 is 5.32 Å². The Morgan fingerprint density at radius 2 is 2.26 bits per heavy atom. The molecule has 4 saturated carbocycles. The van der Waals surface area contributed by atoms with E-state index in [0.29, 0.717) is 30.8 Å². The Bertz CT molecular complexity index is 559. The van der Waals surface area contributed by atoms with Crippen LogP contribution in [0.4, 0.5) is 0 Å². The van der Waals surface area contributed by atoms with E-state index in [1.807, 2.05) is 0 Å². The van der Waals surface area contributed by atoms with Gasteiger partial charge in [-0.25, -0.2) is 0 Å². The highest BCUT2D eigenvalue weighted by molar-refractivity contribution is 5.79. The average Bonchev–Trinajstić information content (AvgIpc) is 2.97. The van der Waals surface area contributed by atoms with Crippen LogP contribution in [-0.2, 0) is 4.79 Å². The van der Waals surface area contributed by atoms with Crippen LogP contribution in [0.5, 0.6) is 0 Å². The average molecular weight is 317 g/mol. The molecule has 5 heteroatoms. The highest BCUT2D eigenvalue weighted by atomic mass is 16.3. The fraction of sp³-hybridized carbons (Fsp3) is 0.889.